The van der Waals surface area contributed by atoms with Gasteiger partial charge < -0.3 is 19.7 Å². The molecule has 4 heteroatoms. The molecule has 41 heavy (non-hydrogen) atoms. The maximum atomic E-state index is 9.05. The topological polar surface area (TPSA) is 58.9 Å². The quantitative estimate of drug-likeness (QED) is 0.123. The summed E-state index contributed by atoms with van der Waals surface area (Å²) in [5.41, 5.74) is 6.89. The maximum absolute atomic E-state index is 9.05. The van der Waals surface area contributed by atoms with Gasteiger partial charge in [0.15, 0.2) is 0 Å². The van der Waals surface area contributed by atoms with Gasteiger partial charge in [0.2, 0.25) is 0 Å². The van der Waals surface area contributed by atoms with Crippen LogP contribution in [0.5, 0.6) is 11.5 Å². The molecule has 4 aromatic carbocycles. The van der Waals surface area contributed by atoms with Gasteiger partial charge in [-0.2, -0.15) is 0 Å². The Morgan fingerprint density at radius 1 is 0.463 bits per heavy atom. The summed E-state index contributed by atoms with van der Waals surface area (Å²) in [7, 11) is 0. The van der Waals surface area contributed by atoms with Crippen LogP contribution in [0.25, 0.3) is 11.1 Å². The van der Waals surface area contributed by atoms with Gasteiger partial charge >= 0.3 is 0 Å². The van der Waals surface area contributed by atoms with Crippen molar-refractivity contribution < 1.29 is 19.7 Å². The fourth-order valence-electron chi connectivity index (χ4n) is 6.18. The molecule has 4 aromatic rings. The first-order valence-corrected chi connectivity index (χ1v) is 15.2. The molecule has 214 valence electrons. The molecule has 0 heterocycles. The normalized spacial score (nSPS) is 13.0. The highest BCUT2D eigenvalue weighted by Crippen LogP contribution is 2.56. The molecule has 0 saturated carbocycles. The number of aliphatic hydroxyl groups excluding tert-OH is 2. The summed E-state index contributed by atoms with van der Waals surface area (Å²) in [5.74, 6) is 1.75. The fourth-order valence-corrected chi connectivity index (χ4v) is 6.18. The van der Waals surface area contributed by atoms with Crippen LogP contribution in [0.3, 0.4) is 0 Å². The van der Waals surface area contributed by atoms with Gasteiger partial charge in [0, 0.05) is 13.2 Å². The Kier molecular flexibility index (Phi) is 10.1. The predicted molar refractivity (Wildman–Crippen MR) is 166 cm³/mol. The Hall–Kier alpha value is -3.60. The lowest BCUT2D eigenvalue weighted by atomic mass is 9.67. The van der Waals surface area contributed by atoms with Crippen LogP contribution < -0.4 is 9.47 Å². The van der Waals surface area contributed by atoms with E-state index >= 15 is 0 Å². The number of unbranched alkanes of at least 4 members (excludes halogenated alkanes) is 6. The second-order valence-electron chi connectivity index (χ2n) is 10.9. The van der Waals surface area contributed by atoms with Crippen molar-refractivity contribution in [3.63, 3.8) is 0 Å². The maximum Gasteiger partial charge on any atom is 0.119 e. The van der Waals surface area contributed by atoms with Crippen LogP contribution in [0.2, 0.25) is 0 Å². The third-order valence-corrected chi connectivity index (χ3v) is 8.13. The van der Waals surface area contributed by atoms with Crippen molar-refractivity contribution >= 4 is 0 Å². The zero-order valence-corrected chi connectivity index (χ0v) is 23.9. The molecule has 0 bridgehead atoms. The molecular formula is C37H42O4. The molecule has 0 aliphatic heterocycles. The second-order valence-corrected chi connectivity index (χ2v) is 10.9. The van der Waals surface area contributed by atoms with Gasteiger partial charge in [-0.1, -0.05) is 85.6 Å². The molecule has 4 nitrogen and oxygen atoms in total. The summed E-state index contributed by atoms with van der Waals surface area (Å²) in [6.07, 6.45) is 7.81. The summed E-state index contributed by atoms with van der Waals surface area (Å²) in [4.78, 5) is 0. The summed E-state index contributed by atoms with van der Waals surface area (Å²) >= 11 is 0. The average molecular weight is 551 g/mol. The van der Waals surface area contributed by atoms with E-state index in [0.29, 0.717) is 13.2 Å². The minimum absolute atomic E-state index is 0.255. The van der Waals surface area contributed by atoms with Gasteiger partial charge in [-0.3, -0.25) is 0 Å². The lowest BCUT2D eigenvalue weighted by Gasteiger charge is -2.34. The van der Waals surface area contributed by atoms with E-state index in [9.17, 15) is 0 Å². The Bertz CT molecular complexity index is 1290. The van der Waals surface area contributed by atoms with Crippen molar-refractivity contribution in [1.82, 2.24) is 0 Å². The van der Waals surface area contributed by atoms with Gasteiger partial charge in [-0.25, -0.2) is 0 Å². The molecule has 0 spiro atoms. The standard InChI is InChI=1S/C37H42O4/c38-23-9-1-3-11-25-40-31-17-13-15-29(27-31)37(30-16-14-18-32(28-30)41-26-12-4-2-10-24-39)35-21-7-5-19-33(35)34-20-6-8-22-36(34)37/h5-8,13-22,27-28,38-39H,1-4,9-12,23-26H2. The van der Waals surface area contributed by atoms with E-state index in [0.717, 1.165) is 62.9 Å². The van der Waals surface area contributed by atoms with Gasteiger partial charge in [0.1, 0.15) is 11.5 Å². The van der Waals surface area contributed by atoms with Crippen molar-refractivity contribution in [1.29, 1.82) is 0 Å². The molecule has 0 radical (unpaired) electrons. The zero-order valence-electron chi connectivity index (χ0n) is 23.9. The summed E-state index contributed by atoms with van der Waals surface area (Å²) in [6.45, 7) is 1.84. The molecule has 0 amide bonds. The largest absolute Gasteiger partial charge is 0.494 e. The number of hydrogen-bond acceptors (Lipinski definition) is 4. The molecule has 1 aliphatic rings. The predicted octanol–water partition coefficient (Wildman–Crippen LogP) is 7.91. The smallest absolute Gasteiger partial charge is 0.119 e. The Balaban J connectivity index is 1.51. The first kappa shape index (κ1) is 28.9. The van der Waals surface area contributed by atoms with Gasteiger partial charge in [-0.05, 0) is 96.2 Å². The van der Waals surface area contributed by atoms with Crippen molar-refractivity contribution in [3.05, 3.63) is 119 Å². The van der Waals surface area contributed by atoms with E-state index in [1.807, 2.05) is 12.1 Å². The molecule has 5 rings (SSSR count). The Labute approximate surface area is 244 Å². The minimum atomic E-state index is -0.506. The van der Waals surface area contributed by atoms with E-state index < -0.39 is 5.41 Å². The SMILES string of the molecule is OCCCCCCOc1cccc(C2(c3cccc(OCCCCCCO)c3)c3ccccc3-c3ccccc32)c1. The van der Waals surface area contributed by atoms with E-state index in [4.69, 9.17) is 19.7 Å². The van der Waals surface area contributed by atoms with E-state index in [1.54, 1.807) is 0 Å². The summed E-state index contributed by atoms with van der Waals surface area (Å²) in [6, 6.07) is 34.7. The average Bonchev–Trinajstić information content (AvgIpc) is 3.32. The third kappa shape index (κ3) is 6.34. The summed E-state index contributed by atoms with van der Waals surface area (Å²) in [5, 5.41) is 18.1. The number of aliphatic hydroxyl groups is 2. The third-order valence-electron chi connectivity index (χ3n) is 8.13. The van der Waals surface area contributed by atoms with Crippen molar-refractivity contribution in [2.45, 2.75) is 56.8 Å². The zero-order chi connectivity index (χ0) is 28.3. The number of benzene rings is 4. The fraction of sp³-hybridized carbons (Fsp3) is 0.351. The molecule has 0 unspecified atom stereocenters. The van der Waals surface area contributed by atoms with Crippen LogP contribution in [0.4, 0.5) is 0 Å². The van der Waals surface area contributed by atoms with Gasteiger partial charge in [0.25, 0.3) is 0 Å². The highest BCUT2D eigenvalue weighted by Gasteiger charge is 2.46. The highest BCUT2D eigenvalue weighted by atomic mass is 16.5. The van der Waals surface area contributed by atoms with Crippen molar-refractivity contribution in [3.8, 4) is 22.6 Å². The lowest BCUT2D eigenvalue weighted by molar-refractivity contribution is 0.273. The van der Waals surface area contributed by atoms with Crippen LogP contribution in [0, 0.1) is 0 Å². The number of fused-ring (bicyclic) bond motifs is 3. The monoisotopic (exact) mass is 550 g/mol. The summed E-state index contributed by atoms with van der Waals surface area (Å²) < 4.78 is 12.5. The van der Waals surface area contributed by atoms with E-state index in [-0.39, 0.29) is 13.2 Å². The van der Waals surface area contributed by atoms with Gasteiger partial charge in [0.05, 0.1) is 18.6 Å². The van der Waals surface area contributed by atoms with Crippen LogP contribution in [-0.4, -0.2) is 36.6 Å². The van der Waals surface area contributed by atoms with E-state index in [2.05, 4.69) is 84.9 Å². The number of hydrogen-bond donors (Lipinski definition) is 2. The number of ether oxygens (including phenoxy) is 2. The molecule has 0 saturated heterocycles. The van der Waals surface area contributed by atoms with Crippen LogP contribution >= 0.6 is 0 Å². The molecule has 2 N–H and O–H groups in total. The Morgan fingerprint density at radius 3 is 1.37 bits per heavy atom. The lowest BCUT2D eigenvalue weighted by Crippen LogP contribution is -2.28. The van der Waals surface area contributed by atoms with Gasteiger partial charge in [-0.15, -0.1) is 0 Å². The van der Waals surface area contributed by atoms with Crippen LogP contribution in [0.1, 0.15) is 73.6 Å². The highest BCUT2D eigenvalue weighted by molar-refractivity contribution is 5.86. The van der Waals surface area contributed by atoms with Crippen LogP contribution in [0.15, 0.2) is 97.1 Å². The number of rotatable bonds is 16. The van der Waals surface area contributed by atoms with Crippen molar-refractivity contribution in [2.24, 2.45) is 0 Å². The Morgan fingerprint density at radius 2 is 0.902 bits per heavy atom. The minimum Gasteiger partial charge on any atom is -0.494 e. The molecule has 0 aromatic heterocycles. The molecule has 0 fully saturated rings. The van der Waals surface area contributed by atoms with Crippen LogP contribution in [-0.2, 0) is 5.41 Å². The molecular weight excluding hydrogens is 508 g/mol. The first-order chi connectivity index (χ1) is 20.3. The first-order valence-electron chi connectivity index (χ1n) is 15.2. The van der Waals surface area contributed by atoms with Crippen molar-refractivity contribution in [2.75, 3.05) is 26.4 Å². The second kappa shape index (κ2) is 14.3. The molecule has 1 aliphatic carbocycles. The van der Waals surface area contributed by atoms with E-state index in [1.165, 1.54) is 33.4 Å². The molecule has 0 atom stereocenters.